The molecule has 1 aliphatic heterocycles. The van der Waals surface area contributed by atoms with E-state index in [-0.39, 0.29) is 5.91 Å². The number of likely N-dealkylation sites (tertiary alicyclic amines) is 1. The molecule has 4 heteroatoms. The van der Waals surface area contributed by atoms with E-state index in [0.717, 1.165) is 31.8 Å². The lowest BCUT2D eigenvalue weighted by molar-refractivity contribution is -0.132. The highest BCUT2D eigenvalue weighted by atomic mass is 16.2. The lowest BCUT2D eigenvalue weighted by Crippen LogP contribution is -2.37. The minimum Gasteiger partial charge on any atom is -0.390 e. The maximum absolute atomic E-state index is 11.8. The van der Waals surface area contributed by atoms with E-state index in [2.05, 4.69) is 18.5 Å². The number of amides is 1. The number of aliphatic imine (C=N–C) groups is 1. The first-order valence-corrected chi connectivity index (χ1v) is 5.83. The van der Waals surface area contributed by atoms with Crippen molar-refractivity contribution < 1.29 is 4.79 Å². The topological polar surface area (TPSA) is 58.7 Å². The largest absolute Gasteiger partial charge is 0.390 e. The first-order chi connectivity index (χ1) is 7.63. The van der Waals surface area contributed by atoms with Crippen molar-refractivity contribution in [2.24, 2.45) is 16.6 Å². The summed E-state index contributed by atoms with van der Waals surface area (Å²) < 4.78 is 0. The first-order valence-electron chi connectivity index (χ1n) is 5.83. The van der Waals surface area contributed by atoms with E-state index in [1.807, 2.05) is 4.90 Å². The standard InChI is InChI=1S/C12H21N3O/c1-10-5-7-15(8-6-10)12(16)4-3-11(2)14-9-13/h9-10H,2-8H2,1H3,(H2,13,14). The van der Waals surface area contributed by atoms with E-state index in [0.29, 0.717) is 18.5 Å². The summed E-state index contributed by atoms with van der Waals surface area (Å²) in [7, 11) is 0. The minimum atomic E-state index is 0.209. The molecular weight excluding hydrogens is 202 g/mol. The van der Waals surface area contributed by atoms with Gasteiger partial charge in [0.2, 0.25) is 5.91 Å². The summed E-state index contributed by atoms with van der Waals surface area (Å²) in [5, 5.41) is 0. The predicted octanol–water partition coefficient (Wildman–Crippen LogP) is 1.53. The third kappa shape index (κ3) is 4.04. The molecule has 0 aromatic rings. The molecule has 1 rings (SSSR count). The maximum atomic E-state index is 11.8. The molecule has 0 saturated carbocycles. The quantitative estimate of drug-likeness (QED) is 0.580. The summed E-state index contributed by atoms with van der Waals surface area (Å²) in [6.45, 7) is 7.75. The molecule has 1 saturated heterocycles. The monoisotopic (exact) mass is 223 g/mol. The molecule has 1 heterocycles. The summed E-state index contributed by atoms with van der Waals surface area (Å²) >= 11 is 0. The Morgan fingerprint density at radius 3 is 2.69 bits per heavy atom. The van der Waals surface area contributed by atoms with Gasteiger partial charge in [0, 0.05) is 25.2 Å². The molecule has 2 N–H and O–H groups in total. The molecule has 4 nitrogen and oxygen atoms in total. The molecule has 0 aromatic heterocycles. The highest BCUT2D eigenvalue weighted by Gasteiger charge is 2.19. The summed E-state index contributed by atoms with van der Waals surface area (Å²) in [6.07, 6.45) is 4.54. The molecule has 0 aliphatic carbocycles. The van der Waals surface area contributed by atoms with Gasteiger partial charge >= 0.3 is 0 Å². The van der Waals surface area contributed by atoms with Gasteiger partial charge in [-0.25, -0.2) is 4.99 Å². The van der Waals surface area contributed by atoms with Crippen molar-refractivity contribution in [2.75, 3.05) is 13.1 Å². The fourth-order valence-corrected chi connectivity index (χ4v) is 1.84. The Kier molecular flexibility index (Phi) is 5.02. The fraction of sp³-hybridized carbons (Fsp3) is 0.667. The zero-order chi connectivity index (χ0) is 12.0. The third-order valence-corrected chi connectivity index (χ3v) is 3.02. The molecule has 1 amide bonds. The van der Waals surface area contributed by atoms with Gasteiger partial charge in [0.15, 0.2) is 0 Å². The molecule has 0 aromatic carbocycles. The van der Waals surface area contributed by atoms with Gasteiger partial charge in [-0.2, -0.15) is 0 Å². The van der Waals surface area contributed by atoms with Crippen LogP contribution in [0.25, 0.3) is 0 Å². The van der Waals surface area contributed by atoms with E-state index in [1.54, 1.807) is 0 Å². The Morgan fingerprint density at radius 1 is 1.50 bits per heavy atom. The number of rotatable bonds is 4. The molecule has 0 unspecified atom stereocenters. The molecule has 16 heavy (non-hydrogen) atoms. The SMILES string of the molecule is C=C(CCC(=O)N1CCC(C)CC1)N=CN. The van der Waals surface area contributed by atoms with Crippen molar-refractivity contribution >= 4 is 12.2 Å². The van der Waals surface area contributed by atoms with E-state index in [1.165, 1.54) is 6.34 Å². The smallest absolute Gasteiger partial charge is 0.222 e. The van der Waals surface area contributed by atoms with E-state index < -0.39 is 0 Å². The van der Waals surface area contributed by atoms with Crippen LogP contribution in [0.15, 0.2) is 17.3 Å². The van der Waals surface area contributed by atoms with Crippen molar-refractivity contribution in [3.05, 3.63) is 12.3 Å². The molecule has 90 valence electrons. The van der Waals surface area contributed by atoms with Gasteiger partial charge in [-0.1, -0.05) is 13.5 Å². The van der Waals surface area contributed by atoms with Crippen LogP contribution in [0.5, 0.6) is 0 Å². The van der Waals surface area contributed by atoms with Crippen LogP contribution < -0.4 is 5.73 Å². The zero-order valence-electron chi connectivity index (χ0n) is 9.98. The number of hydrogen-bond donors (Lipinski definition) is 1. The number of allylic oxidation sites excluding steroid dienone is 1. The van der Waals surface area contributed by atoms with Gasteiger partial charge in [-0.05, 0) is 25.2 Å². The Balaban J connectivity index is 2.27. The summed E-state index contributed by atoms with van der Waals surface area (Å²) in [5.74, 6) is 0.959. The van der Waals surface area contributed by atoms with Crippen molar-refractivity contribution in [3.8, 4) is 0 Å². The van der Waals surface area contributed by atoms with Crippen molar-refractivity contribution in [2.45, 2.75) is 32.6 Å². The van der Waals surface area contributed by atoms with Crippen LogP contribution in [0, 0.1) is 5.92 Å². The van der Waals surface area contributed by atoms with Crippen LogP contribution in [0.3, 0.4) is 0 Å². The average molecular weight is 223 g/mol. The van der Waals surface area contributed by atoms with Crippen molar-refractivity contribution in [3.63, 3.8) is 0 Å². The summed E-state index contributed by atoms with van der Waals surface area (Å²) in [5.41, 5.74) is 5.81. The molecule has 0 spiro atoms. The third-order valence-electron chi connectivity index (χ3n) is 3.02. The number of carbonyl (C=O) groups excluding carboxylic acids is 1. The highest BCUT2D eigenvalue weighted by Crippen LogP contribution is 2.17. The van der Waals surface area contributed by atoms with Crippen LogP contribution in [0.1, 0.15) is 32.6 Å². The number of carbonyl (C=O) groups is 1. The number of nitrogens with two attached hydrogens (primary N) is 1. The molecule has 0 atom stereocenters. The molecule has 1 fully saturated rings. The predicted molar refractivity (Wildman–Crippen MR) is 66.0 cm³/mol. The summed E-state index contributed by atoms with van der Waals surface area (Å²) in [6, 6.07) is 0. The Labute approximate surface area is 97.2 Å². The highest BCUT2D eigenvalue weighted by molar-refractivity contribution is 5.76. The van der Waals surface area contributed by atoms with Gasteiger partial charge in [-0.3, -0.25) is 4.79 Å². The van der Waals surface area contributed by atoms with E-state index >= 15 is 0 Å². The molecular formula is C12H21N3O. The second-order valence-corrected chi connectivity index (χ2v) is 4.41. The lowest BCUT2D eigenvalue weighted by Gasteiger charge is -2.30. The van der Waals surface area contributed by atoms with Crippen LogP contribution >= 0.6 is 0 Å². The number of nitrogens with zero attached hydrogens (tertiary/aromatic N) is 2. The van der Waals surface area contributed by atoms with Gasteiger partial charge in [0.1, 0.15) is 0 Å². The Hall–Kier alpha value is -1.32. The maximum Gasteiger partial charge on any atom is 0.222 e. The number of hydrogen-bond acceptors (Lipinski definition) is 2. The van der Waals surface area contributed by atoms with Crippen LogP contribution in [-0.2, 0) is 4.79 Å². The molecule has 0 bridgehead atoms. The van der Waals surface area contributed by atoms with E-state index in [9.17, 15) is 4.79 Å². The van der Waals surface area contributed by atoms with E-state index in [4.69, 9.17) is 5.73 Å². The van der Waals surface area contributed by atoms with Gasteiger partial charge in [0.25, 0.3) is 0 Å². The minimum absolute atomic E-state index is 0.209. The first kappa shape index (κ1) is 12.7. The lowest BCUT2D eigenvalue weighted by atomic mass is 9.99. The Bertz CT molecular complexity index is 278. The fourth-order valence-electron chi connectivity index (χ4n) is 1.84. The second-order valence-electron chi connectivity index (χ2n) is 4.41. The zero-order valence-corrected chi connectivity index (χ0v) is 9.98. The van der Waals surface area contributed by atoms with Crippen molar-refractivity contribution in [1.82, 2.24) is 4.90 Å². The molecule has 1 aliphatic rings. The van der Waals surface area contributed by atoms with Crippen LogP contribution in [0.2, 0.25) is 0 Å². The Morgan fingerprint density at radius 2 is 2.12 bits per heavy atom. The number of piperidine rings is 1. The average Bonchev–Trinajstić information content (AvgIpc) is 2.27. The van der Waals surface area contributed by atoms with Gasteiger partial charge in [-0.15, -0.1) is 0 Å². The second kappa shape index (κ2) is 6.30. The van der Waals surface area contributed by atoms with Gasteiger partial charge in [0.05, 0.1) is 6.34 Å². The summed E-state index contributed by atoms with van der Waals surface area (Å²) in [4.78, 5) is 17.6. The van der Waals surface area contributed by atoms with Crippen molar-refractivity contribution in [1.29, 1.82) is 0 Å². The normalized spacial score (nSPS) is 17.9. The van der Waals surface area contributed by atoms with Crippen LogP contribution in [-0.4, -0.2) is 30.2 Å². The molecule has 0 radical (unpaired) electrons. The van der Waals surface area contributed by atoms with Crippen LogP contribution in [0.4, 0.5) is 0 Å². The van der Waals surface area contributed by atoms with Gasteiger partial charge < -0.3 is 10.6 Å².